The number of para-hydroxylation sites is 1. The van der Waals surface area contributed by atoms with Crippen molar-refractivity contribution in [3.63, 3.8) is 0 Å². The van der Waals surface area contributed by atoms with E-state index >= 15 is 0 Å². The van der Waals surface area contributed by atoms with E-state index in [9.17, 15) is 14.3 Å². The molecule has 24 heavy (non-hydrogen) atoms. The van der Waals surface area contributed by atoms with E-state index in [2.05, 4.69) is 9.97 Å². The molecular formula is C18H16FN3O2. The lowest BCUT2D eigenvalue weighted by Crippen LogP contribution is -2.32. The molecule has 1 saturated heterocycles. The molecular weight excluding hydrogens is 309 g/mol. The van der Waals surface area contributed by atoms with Crippen molar-refractivity contribution in [3.05, 3.63) is 65.7 Å². The maximum Gasteiger partial charge on any atom is 0.256 e. The first-order valence-corrected chi connectivity index (χ1v) is 7.80. The van der Waals surface area contributed by atoms with E-state index in [1.807, 2.05) is 6.07 Å². The molecule has 122 valence electrons. The van der Waals surface area contributed by atoms with Gasteiger partial charge in [0, 0.05) is 6.54 Å². The molecule has 0 radical (unpaired) electrons. The first kappa shape index (κ1) is 14.8. The van der Waals surface area contributed by atoms with Crippen LogP contribution >= 0.6 is 0 Å². The third-order valence-electron chi connectivity index (χ3n) is 4.45. The molecule has 0 spiro atoms. The van der Waals surface area contributed by atoms with Crippen molar-refractivity contribution in [1.82, 2.24) is 14.9 Å². The van der Waals surface area contributed by atoms with Crippen LogP contribution in [0, 0.1) is 5.82 Å². The number of carbonyl (C=O) groups is 1. The van der Waals surface area contributed by atoms with Crippen LogP contribution in [0.1, 0.15) is 28.4 Å². The summed E-state index contributed by atoms with van der Waals surface area (Å²) in [5.41, 5.74) is 2.54. The van der Waals surface area contributed by atoms with E-state index in [1.165, 1.54) is 12.1 Å². The second kappa shape index (κ2) is 5.72. The number of fused-ring (bicyclic) bond motifs is 1. The zero-order chi connectivity index (χ0) is 16.7. The minimum absolute atomic E-state index is 0.210. The summed E-state index contributed by atoms with van der Waals surface area (Å²) < 4.78 is 13.6. The molecule has 1 aliphatic rings. The van der Waals surface area contributed by atoms with Crippen LogP contribution in [0.5, 0.6) is 0 Å². The van der Waals surface area contributed by atoms with Crippen LogP contribution in [0.25, 0.3) is 11.0 Å². The second-order valence-corrected chi connectivity index (χ2v) is 6.02. The number of carbonyl (C=O) groups excluding carboxylic acids is 1. The van der Waals surface area contributed by atoms with Gasteiger partial charge >= 0.3 is 0 Å². The van der Waals surface area contributed by atoms with E-state index in [1.54, 1.807) is 35.5 Å². The minimum atomic E-state index is -0.624. The number of rotatable bonds is 2. The van der Waals surface area contributed by atoms with Crippen molar-refractivity contribution in [3.8, 4) is 0 Å². The van der Waals surface area contributed by atoms with E-state index in [-0.39, 0.29) is 24.3 Å². The number of benzene rings is 2. The monoisotopic (exact) mass is 325 g/mol. The maximum atomic E-state index is 13.6. The largest absolute Gasteiger partial charge is 0.391 e. The van der Waals surface area contributed by atoms with Crippen molar-refractivity contribution in [2.45, 2.75) is 18.6 Å². The smallest absolute Gasteiger partial charge is 0.256 e. The van der Waals surface area contributed by atoms with Gasteiger partial charge in [-0.1, -0.05) is 18.2 Å². The van der Waals surface area contributed by atoms with Crippen LogP contribution < -0.4 is 0 Å². The standard InChI is InChI=1S/C18H16FN3O2/c19-12-4-1-3-11(7-12)16-8-13(23)9-22(16)18(24)14-5-2-6-15-17(14)21-10-20-15/h1-7,10,13,16,23H,8-9H2,(H,20,21). The normalized spacial score (nSPS) is 20.7. The fraction of sp³-hybridized carbons (Fsp3) is 0.222. The van der Waals surface area contributed by atoms with Gasteiger partial charge in [0.1, 0.15) is 11.3 Å². The molecule has 1 fully saturated rings. The van der Waals surface area contributed by atoms with Gasteiger partial charge in [0.2, 0.25) is 0 Å². The molecule has 2 N–H and O–H groups in total. The number of aliphatic hydroxyl groups excluding tert-OH is 1. The molecule has 0 bridgehead atoms. The molecule has 6 heteroatoms. The van der Waals surface area contributed by atoms with Crippen molar-refractivity contribution in [2.75, 3.05) is 6.54 Å². The Morgan fingerprint density at radius 2 is 2.12 bits per heavy atom. The summed E-state index contributed by atoms with van der Waals surface area (Å²) >= 11 is 0. The summed E-state index contributed by atoms with van der Waals surface area (Å²) in [6.07, 6.45) is 1.32. The van der Waals surface area contributed by atoms with Crippen LogP contribution in [0.2, 0.25) is 0 Å². The quantitative estimate of drug-likeness (QED) is 0.761. The van der Waals surface area contributed by atoms with Crippen molar-refractivity contribution in [1.29, 1.82) is 0 Å². The third kappa shape index (κ3) is 2.45. The van der Waals surface area contributed by atoms with E-state index in [4.69, 9.17) is 0 Å². The number of aromatic nitrogens is 2. The molecule has 0 saturated carbocycles. The highest BCUT2D eigenvalue weighted by Crippen LogP contribution is 2.34. The Morgan fingerprint density at radius 1 is 1.29 bits per heavy atom. The fourth-order valence-electron chi connectivity index (χ4n) is 3.36. The molecule has 2 atom stereocenters. The Morgan fingerprint density at radius 3 is 2.96 bits per heavy atom. The number of likely N-dealkylation sites (tertiary alicyclic amines) is 1. The van der Waals surface area contributed by atoms with E-state index in [0.29, 0.717) is 23.1 Å². The lowest BCUT2D eigenvalue weighted by Gasteiger charge is -2.25. The second-order valence-electron chi connectivity index (χ2n) is 6.02. The topological polar surface area (TPSA) is 69.2 Å². The van der Waals surface area contributed by atoms with Crippen LogP contribution in [0.3, 0.4) is 0 Å². The van der Waals surface area contributed by atoms with Crippen molar-refractivity contribution in [2.24, 2.45) is 0 Å². The van der Waals surface area contributed by atoms with Gasteiger partial charge in [0.05, 0.1) is 29.6 Å². The molecule has 4 rings (SSSR count). The van der Waals surface area contributed by atoms with Crippen molar-refractivity contribution < 1.29 is 14.3 Å². The van der Waals surface area contributed by atoms with E-state index in [0.717, 1.165) is 5.52 Å². The van der Waals surface area contributed by atoms with Crippen molar-refractivity contribution >= 4 is 16.9 Å². The Hall–Kier alpha value is -2.73. The number of nitrogens with one attached hydrogen (secondary N) is 1. The molecule has 1 amide bonds. The highest BCUT2D eigenvalue weighted by Gasteiger charge is 2.36. The van der Waals surface area contributed by atoms with Gasteiger partial charge in [-0.05, 0) is 36.2 Å². The third-order valence-corrected chi connectivity index (χ3v) is 4.45. The Balaban J connectivity index is 1.73. The predicted molar refractivity (Wildman–Crippen MR) is 86.9 cm³/mol. The summed E-state index contributed by atoms with van der Waals surface area (Å²) in [7, 11) is 0. The number of hydrogen-bond donors (Lipinski definition) is 2. The summed E-state index contributed by atoms with van der Waals surface area (Å²) in [6, 6.07) is 11.2. The highest BCUT2D eigenvalue weighted by molar-refractivity contribution is 6.05. The van der Waals surface area contributed by atoms with Gasteiger partial charge in [-0.2, -0.15) is 0 Å². The lowest BCUT2D eigenvalue weighted by atomic mass is 10.0. The number of H-pyrrole nitrogens is 1. The Bertz CT molecular complexity index is 908. The molecule has 3 aromatic rings. The molecule has 2 heterocycles. The highest BCUT2D eigenvalue weighted by atomic mass is 19.1. The fourth-order valence-corrected chi connectivity index (χ4v) is 3.36. The number of aliphatic hydroxyl groups is 1. The number of aromatic amines is 1. The van der Waals surface area contributed by atoms with Crippen LogP contribution in [0.15, 0.2) is 48.8 Å². The maximum absolute atomic E-state index is 13.6. The number of hydrogen-bond acceptors (Lipinski definition) is 3. The van der Waals surface area contributed by atoms with E-state index < -0.39 is 6.10 Å². The van der Waals surface area contributed by atoms with Gasteiger partial charge in [0.25, 0.3) is 5.91 Å². The van der Waals surface area contributed by atoms with Gasteiger partial charge in [-0.3, -0.25) is 4.79 Å². The zero-order valence-electron chi connectivity index (χ0n) is 12.8. The predicted octanol–water partition coefficient (Wildman–Crippen LogP) is 2.65. The van der Waals surface area contributed by atoms with Gasteiger partial charge in [0.15, 0.2) is 0 Å². The molecule has 1 aromatic heterocycles. The lowest BCUT2D eigenvalue weighted by molar-refractivity contribution is 0.0717. The Kier molecular flexibility index (Phi) is 3.54. The molecule has 0 aliphatic carbocycles. The number of nitrogens with zero attached hydrogens (tertiary/aromatic N) is 2. The SMILES string of the molecule is O=C(c1cccc2[nH]cnc12)N1CC(O)CC1c1cccc(F)c1. The van der Waals surface area contributed by atoms with Crippen LogP contribution in [-0.4, -0.2) is 38.5 Å². The summed E-state index contributed by atoms with van der Waals surface area (Å²) in [6.45, 7) is 0.223. The first-order valence-electron chi connectivity index (χ1n) is 7.80. The number of halogens is 1. The molecule has 5 nitrogen and oxygen atoms in total. The van der Waals surface area contributed by atoms with Gasteiger partial charge in [-0.15, -0.1) is 0 Å². The minimum Gasteiger partial charge on any atom is -0.391 e. The zero-order valence-corrected chi connectivity index (χ0v) is 12.8. The average Bonchev–Trinajstić information content (AvgIpc) is 3.20. The molecule has 1 aliphatic heterocycles. The first-order chi connectivity index (χ1) is 11.6. The average molecular weight is 325 g/mol. The summed E-state index contributed by atoms with van der Waals surface area (Å²) in [4.78, 5) is 21.8. The molecule has 2 unspecified atom stereocenters. The summed E-state index contributed by atoms with van der Waals surface area (Å²) in [5.74, 6) is -0.561. The number of imidazole rings is 1. The Labute approximate surface area is 137 Å². The van der Waals surface area contributed by atoms with Gasteiger partial charge < -0.3 is 15.0 Å². The van der Waals surface area contributed by atoms with Crippen LogP contribution in [-0.2, 0) is 0 Å². The number of amides is 1. The number of β-amino-alcohol motifs (C(OH)–C–C–N with tert-alkyl or cyclic N) is 1. The van der Waals surface area contributed by atoms with Gasteiger partial charge in [-0.25, -0.2) is 9.37 Å². The summed E-state index contributed by atoms with van der Waals surface area (Å²) in [5, 5.41) is 10.1. The molecule has 2 aromatic carbocycles. The van der Waals surface area contributed by atoms with Crippen LogP contribution in [0.4, 0.5) is 4.39 Å².